The number of aryl methyl sites for hydroxylation is 1. The fraction of sp³-hybridized carbons (Fsp3) is 0.348. The zero-order valence-corrected chi connectivity index (χ0v) is 18.7. The van der Waals surface area contributed by atoms with E-state index in [0.29, 0.717) is 23.7 Å². The first-order valence-electron chi connectivity index (χ1n) is 10.4. The maximum absolute atomic E-state index is 12.7. The number of amides is 1. The molecule has 1 unspecified atom stereocenters. The highest BCUT2D eigenvalue weighted by Crippen LogP contribution is 2.35. The summed E-state index contributed by atoms with van der Waals surface area (Å²) in [4.78, 5) is 12.7. The number of aromatic amines is 1. The monoisotopic (exact) mass is 438 g/mol. The Hall–Kier alpha value is -3.13. The van der Waals surface area contributed by atoms with E-state index in [1.807, 2.05) is 57.2 Å². The van der Waals surface area contributed by atoms with E-state index in [1.54, 1.807) is 4.57 Å². The van der Waals surface area contributed by atoms with Crippen LogP contribution >= 0.6 is 12.2 Å². The highest BCUT2D eigenvalue weighted by molar-refractivity contribution is 7.71. The van der Waals surface area contributed by atoms with Gasteiger partial charge in [-0.15, -0.1) is 0 Å². The Balaban J connectivity index is 1.49. The first-order valence-corrected chi connectivity index (χ1v) is 10.8. The van der Waals surface area contributed by atoms with Gasteiger partial charge in [0.2, 0.25) is 5.91 Å². The number of hydrogen-bond donors (Lipinski definition) is 2. The van der Waals surface area contributed by atoms with Gasteiger partial charge in [-0.2, -0.15) is 5.10 Å². The lowest BCUT2D eigenvalue weighted by atomic mass is 10.1. The van der Waals surface area contributed by atoms with E-state index in [-0.39, 0.29) is 18.6 Å². The Morgan fingerprint density at radius 1 is 1.35 bits per heavy atom. The van der Waals surface area contributed by atoms with Crippen molar-refractivity contribution in [1.82, 2.24) is 20.1 Å². The molecule has 8 heteroatoms. The number of nitrogens with zero attached hydrogens (tertiary/aromatic N) is 2. The van der Waals surface area contributed by atoms with Crippen molar-refractivity contribution in [2.75, 3.05) is 6.61 Å². The van der Waals surface area contributed by atoms with Crippen LogP contribution in [0, 0.1) is 11.7 Å². The van der Waals surface area contributed by atoms with Crippen LogP contribution in [0.1, 0.15) is 30.5 Å². The lowest BCUT2D eigenvalue weighted by Crippen LogP contribution is -2.27. The molecular formula is C23H26N4O3S. The third-order valence-corrected chi connectivity index (χ3v) is 5.54. The van der Waals surface area contributed by atoms with Crippen LogP contribution in [0.2, 0.25) is 0 Å². The molecule has 1 aliphatic rings. The topological polar surface area (TPSA) is 81.2 Å². The van der Waals surface area contributed by atoms with Crippen molar-refractivity contribution < 1.29 is 14.3 Å². The van der Waals surface area contributed by atoms with E-state index in [4.69, 9.17) is 21.7 Å². The molecule has 2 heterocycles. The zero-order chi connectivity index (χ0) is 22.0. The summed E-state index contributed by atoms with van der Waals surface area (Å²) in [7, 11) is 0. The van der Waals surface area contributed by atoms with Crippen molar-refractivity contribution in [1.29, 1.82) is 0 Å². The molecule has 31 heavy (non-hydrogen) atoms. The van der Waals surface area contributed by atoms with Crippen molar-refractivity contribution in [2.45, 2.75) is 46.4 Å². The number of rotatable bonds is 7. The first kappa shape index (κ1) is 21.1. The fourth-order valence-electron chi connectivity index (χ4n) is 3.69. The van der Waals surface area contributed by atoms with Gasteiger partial charge in [0.15, 0.2) is 10.6 Å². The molecule has 0 radical (unpaired) electrons. The number of aromatic nitrogens is 3. The van der Waals surface area contributed by atoms with E-state index < -0.39 is 0 Å². The second-order valence-corrected chi connectivity index (χ2v) is 8.10. The van der Waals surface area contributed by atoms with E-state index in [2.05, 4.69) is 15.5 Å². The molecular weight excluding hydrogens is 412 g/mol. The molecule has 1 aromatic heterocycles. The van der Waals surface area contributed by atoms with Gasteiger partial charge in [-0.25, -0.2) is 0 Å². The summed E-state index contributed by atoms with van der Waals surface area (Å²) in [6, 6.07) is 11.9. The molecule has 1 aliphatic heterocycles. The lowest BCUT2D eigenvalue weighted by molar-refractivity contribution is -0.121. The van der Waals surface area contributed by atoms with Gasteiger partial charge < -0.3 is 14.8 Å². The Labute approximate surface area is 186 Å². The van der Waals surface area contributed by atoms with Crippen molar-refractivity contribution in [2.24, 2.45) is 0 Å². The molecule has 0 bridgehead atoms. The average molecular weight is 439 g/mol. The minimum absolute atomic E-state index is 0.0704. The molecule has 3 aromatic rings. The van der Waals surface area contributed by atoms with Gasteiger partial charge in [0.1, 0.15) is 24.1 Å². The van der Waals surface area contributed by atoms with E-state index in [1.165, 1.54) is 0 Å². The predicted molar refractivity (Wildman–Crippen MR) is 121 cm³/mol. The molecule has 1 amide bonds. The molecule has 0 saturated heterocycles. The predicted octanol–water partition coefficient (Wildman–Crippen LogP) is 3.95. The van der Waals surface area contributed by atoms with Crippen LogP contribution in [0.15, 0.2) is 36.4 Å². The van der Waals surface area contributed by atoms with E-state index in [0.717, 1.165) is 40.2 Å². The van der Waals surface area contributed by atoms with Crippen LogP contribution in [0.3, 0.4) is 0 Å². The Morgan fingerprint density at radius 3 is 2.87 bits per heavy atom. The molecule has 2 aromatic carbocycles. The highest BCUT2D eigenvalue weighted by Gasteiger charge is 2.22. The van der Waals surface area contributed by atoms with Crippen molar-refractivity contribution in [3.8, 4) is 22.9 Å². The Morgan fingerprint density at radius 2 is 2.13 bits per heavy atom. The second-order valence-electron chi connectivity index (χ2n) is 7.71. The van der Waals surface area contributed by atoms with Crippen LogP contribution in [-0.2, 0) is 24.3 Å². The molecule has 0 fully saturated rings. The number of hydrogen-bond acceptors (Lipinski definition) is 5. The number of carbonyl (C=O) groups excluding carboxylic acids is 1. The largest absolute Gasteiger partial charge is 0.494 e. The molecule has 0 saturated carbocycles. The first-order chi connectivity index (χ1) is 14.9. The number of ether oxygens (including phenoxy) is 2. The molecule has 2 N–H and O–H groups in total. The molecule has 7 nitrogen and oxygen atoms in total. The quantitative estimate of drug-likeness (QED) is 0.546. The summed E-state index contributed by atoms with van der Waals surface area (Å²) in [6.45, 7) is 6.98. The molecule has 0 spiro atoms. The van der Waals surface area contributed by atoms with Gasteiger partial charge in [0.25, 0.3) is 0 Å². The van der Waals surface area contributed by atoms with Gasteiger partial charge in [-0.05, 0) is 45.1 Å². The third-order valence-electron chi connectivity index (χ3n) is 5.22. The summed E-state index contributed by atoms with van der Waals surface area (Å²) in [5.74, 6) is 2.11. The molecule has 1 atom stereocenters. The van der Waals surface area contributed by atoms with E-state index >= 15 is 0 Å². The maximum Gasteiger partial charge on any atom is 0.240 e. The minimum atomic E-state index is -0.164. The Bertz CT molecular complexity index is 1150. The van der Waals surface area contributed by atoms with E-state index in [9.17, 15) is 4.79 Å². The normalized spacial score (nSPS) is 14.7. The summed E-state index contributed by atoms with van der Waals surface area (Å²) in [5, 5.41) is 10.1. The van der Waals surface area contributed by atoms with Crippen LogP contribution < -0.4 is 14.8 Å². The standard InChI is InChI=1S/C23H26N4O3S/c1-4-29-19-10-17-9-15(3)30-20(17)11-18(19)12-24-21(28)13-27-22(25-26-23(27)31)16-7-5-14(2)6-8-16/h5-8,10-11,15H,4,9,12-13H2,1-3H3,(H,24,28)(H,26,31). The van der Waals surface area contributed by atoms with Crippen molar-refractivity contribution in [3.05, 3.63) is 57.9 Å². The van der Waals surface area contributed by atoms with Crippen molar-refractivity contribution >= 4 is 18.1 Å². The summed E-state index contributed by atoms with van der Waals surface area (Å²) in [6.07, 6.45) is 1.01. The highest BCUT2D eigenvalue weighted by atomic mass is 32.1. The Kier molecular flexibility index (Phi) is 6.08. The number of nitrogens with one attached hydrogen (secondary N) is 2. The number of benzene rings is 2. The van der Waals surface area contributed by atoms with Crippen LogP contribution in [0.25, 0.3) is 11.4 Å². The smallest absolute Gasteiger partial charge is 0.240 e. The SMILES string of the molecule is CCOc1cc2c(cc1CNC(=O)Cn1c(-c3ccc(C)cc3)n[nH]c1=S)OC(C)C2. The average Bonchev–Trinajstić information content (AvgIpc) is 3.28. The number of fused-ring (bicyclic) bond motifs is 1. The van der Waals surface area contributed by atoms with Crippen molar-refractivity contribution in [3.63, 3.8) is 0 Å². The molecule has 0 aliphatic carbocycles. The van der Waals surface area contributed by atoms with Crippen LogP contribution in [0.4, 0.5) is 0 Å². The fourth-order valence-corrected chi connectivity index (χ4v) is 3.89. The van der Waals surface area contributed by atoms with Gasteiger partial charge in [0, 0.05) is 29.7 Å². The molecule has 4 rings (SSSR count). The van der Waals surface area contributed by atoms with Gasteiger partial charge in [0.05, 0.1) is 6.61 Å². The van der Waals surface area contributed by atoms with Gasteiger partial charge >= 0.3 is 0 Å². The minimum Gasteiger partial charge on any atom is -0.494 e. The van der Waals surface area contributed by atoms with Gasteiger partial charge in [-0.3, -0.25) is 14.5 Å². The third kappa shape index (κ3) is 4.64. The molecule has 162 valence electrons. The number of carbonyl (C=O) groups is 1. The summed E-state index contributed by atoms with van der Waals surface area (Å²) >= 11 is 5.34. The van der Waals surface area contributed by atoms with Crippen LogP contribution in [0.5, 0.6) is 11.5 Å². The lowest BCUT2D eigenvalue weighted by Gasteiger charge is -2.14. The summed E-state index contributed by atoms with van der Waals surface area (Å²) < 4.78 is 13.8. The maximum atomic E-state index is 12.7. The number of H-pyrrole nitrogens is 1. The summed E-state index contributed by atoms with van der Waals surface area (Å²) in [5.41, 5.74) is 4.07. The van der Waals surface area contributed by atoms with Gasteiger partial charge in [-0.1, -0.05) is 29.8 Å². The van der Waals surface area contributed by atoms with Crippen LogP contribution in [-0.4, -0.2) is 33.4 Å². The second kappa shape index (κ2) is 8.93. The zero-order valence-electron chi connectivity index (χ0n) is 17.9.